The highest BCUT2D eigenvalue weighted by Gasteiger charge is 2.38. The van der Waals surface area contributed by atoms with Crippen LogP contribution in [0.5, 0.6) is 0 Å². The minimum absolute atomic E-state index is 0.0126. The normalized spacial score (nSPS) is 14.8. The fourth-order valence-electron chi connectivity index (χ4n) is 4.80. The summed E-state index contributed by atoms with van der Waals surface area (Å²) in [5.41, 5.74) is 7.45. The van der Waals surface area contributed by atoms with Gasteiger partial charge < -0.3 is 4.42 Å². The van der Waals surface area contributed by atoms with Gasteiger partial charge in [0.25, 0.3) is 0 Å². The van der Waals surface area contributed by atoms with Crippen LogP contribution in [0.25, 0.3) is 43.8 Å². The molecule has 0 amide bonds. The third-order valence-corrected chi connectivity index (χ3v) is 6.07. The number of furan rings is 1. The zero-order valence-electron chi connectivity index (χ0n) is 14.8. The van der Waals surface area contributed by atoms with E-state index in [-0.39, 0.29) is 5.41 Å². The van der Waals surface area contributed by atoms with Gasteiger partial charge in [0.1, 0.15) is 11.2 Å². The lowest BCUT2D eigenvalue weighted by Crippen LogP contribution is -2.14. The summed E-state index contributed by atoms with van der Waals surface area (Å²) in [5, 5.41) is 5.08. The molecular formula is C25H18O. The molecule has 1 aliphatic rings. The first-order valence-electron chi connectivity index (χ1n) is 9.13. The van der Waals surface area contributed by atoms with Crippen LogP contribution < -0.4 is 0 Å². The number of fused-ring (bicyclic) bond motifs is 9. The number of rotatable bonds is 0. The highest BCUT2D eigenvalue weighted by Crippen LogP contribution is 2.54. The number of benzene rings is 4. The predicted molar refractivity (Wildman–Crippen MR) is 109 cm³/mol. The molecule has 0 saturated carbocycles. The Morgan fingerprint density at radius 2 is 1.31 bits per heavy atom. The standard InChI is InChI=1S/C25H18O/c1-25(2)18-12-11-15-7-3-4-8-16(15)22(18)24-19(25)13-14-21-23(24)17-9-5-6-10-20(17)26-21/h3-14H,1-2H3. The second-order valence-electron chi connectivity index (χ2n) is 7.79. The van der Waals surface area contributed by atoms with Crippen molar-refractivity contribution in [2.45, 2.75) is 19.3 Å². The van der Waals surface area contributed by atoms with Crippen molar-refractivity contribution in [1.29, 1.82) is 0 Å². The molecule has 1 aliphatic carbocycles. The van der Waals surface area contributed by atoms with Gasteiger partial charge in [-0.05, 0) is 45.2 Å². The third kappa shape index (κ3) is 1.56. The van der Waals surface area contributed by atoms with Gasteiger partial charge in [-0.15, -0.1) is 0 Å². The Bertz CT molecular complexity index is 1350. The van der Waals surface area contributed by atoms with E-state index in [9.17, 15) is 0 Å². The summed E-state index contributed by atoms with van der Waals surface area (Å²) in [6.07, 6.45) is 0. The molecule has 0 spiro atoms. The topological polar surface area (TPSA) is 13.1 Å². The van der Waals surface area contributed by atoms with Gasteiger partial charge >= 0.3 is 0 Å². The molecular weight excluding hydrogens is 316 g/mol. The molecule has 4 aromatic carbocycles. The fourth-order valence-corrected chi connectivity index (χ4v) is 4.80. The van der Waals surface area contributed by atoms with Crippen LogP contribution in [-0.2, 0) is 5.41 Å². The SMILES string of the molecule is CC1(C)c2ccc3ccccc3c2-c2c1ccc1oc3ccccc3c21. The quantitative estimate of drug-likeness (QED) is 0.296. The summed E-state index contributed by atoms with van der Waals surface area (Å²) in [5.74, 6) is 0. The summed E-state index contributed by atoms with van der Waals surface area (Å²) in [7, 11) is 0. The molecule has 0 fully saturated rings. The molecule has 0 aliphatic heterocycles. The first-order chi connectivity index (χ1) is 12.7. The van der Waals surface area contributed by atoms with Crippen LogP contribution in [-0.4, -0.2) is 0 Å². The van der Waals surface area contributed by atoms with E-state index >= 15 is 0 Å². The molecule has 124 valence electrons. The maximum absolute atomic E-state index is 6.17. The largest absolute Gasteiger partial charge is 0.456 e. The van der Waals surface area contributed by atoms with E-state index in [0.29, 0.717) is 0 Å². The van der Waals surface area contributed by atoms with Crippen LogP contribution in [0, 0.1) is 0 Å². The van der Waals surface area contributed by atoms with Gasteiger partial charge in [-0.1, -0.05) is 74.5 Å². The molecule has 5 aromatic rings. The van der Waals surface area contributed by atoms with E-state index in [1.54, 1.807) is 0 Å². The summed E-state index contributed by atoms with van der Waals surface area (Å²) in [4.78, 5) is 0. The van der Waals surface area contributed by atoms with Crippen LogP contribution >= 0.6 is 0 Å². The third-order valence-electron chi connectivity index (χ3n) is 6.07. The van der Waals surface area contributed by atoms with Crippen molar-refractivity contribution in [2.75, 3.05) is 0 Å². The van der Waals surface area contributed by atoms with Crippen molar-refractivity contribution in [3.05, 3.63) is 83.9 Å². The lowest BCUT2D eigenvalue weighted by molar-refractivity contribution is 0.657. The van der Waals surface area contributed by atoms with Crippen molar-refractivity contribution >= 4 is 32.7 Å². The fraction of sp³-hybridized carbons (Fsp3) is 0.120. The zero-order valence-corrected chi connectivity index (χ0v) is 14.8. The molecule has 0 unspecified atom stereocenters. The monoisotopic (exact) mass is 334 g/mol. The number of para-hydroxylation sites is 1. The minimum atomic E-state index is -0.0126. The minimum Gasteiger partial charge on any atom is -0.456 e. The predicted octanol–water partition coefficient (Wildman–Crippen LogP) is 7.05. The van der Waals surface area contributed by atoms with Crippen molar-refractivity contribution in [1.82, 2.24) is 0 Å². The molecule has 0 saturated heterocycles. The summed E-state index contributed by atoms with van der Waals surface area (Å²) in [6.45, 7) is 4.67. The van der Waals surface area contributed by atoms with E-state index in [2.05, 4.69) is 80.6 Å². The van der Waals surface area contributed by atoms with E-state index in [1.165, 1.54) is 43.8 Å². The Labute approximate surface area is 151 Å². The highest BCUT2D eigenvalue weighted by atomic mass is 16.3. The van der Waals surface area contributed by atoms with Crippen LogP contribution in [0.3, 0.4) is 0 Å². The highest BCUT2D eigenvalue weighted by molar-refractivity contribution is 6.18. The van der Waals surface area contributed by atoms with E-state index < -0.39 is 0 Å². The molecule has 0 radical (unpaired) electrons. The van der Waals surface area contributed by atoms with Gasteiger partial charge in [-0.3, -0.25) is 0 Å². The second-order valence-corrected chi connectivity index (χ2v) is 7.79. The Morgan fingerprint density at radius 3 is 2.19 bits per heavy atom. The number of hydrogen-bond acceptors (Lipinski definition) is 1. The van der Waals surface area contributed by atoms with Crippen LogP contribution in [0.1, 0.15) is 25.0 Å². The van der Waals surface area contributed by atoms with Crippen LogP contribution in [0.15, 0.2) is 77.2 Å². The van der Waals surface area contributed by atoms with Gasteiger partial charge in [0, 0.05) is 16.2 Å². The Hall–Kier alpha value is -3.06. The Kier molecular flexibility index (Phi) is 2.48. The van der Waals surface area contributed by atoms with Crippen molar-refractivity contribution in [2.24, 2.45) is 0 Å². The second kappa shape index (κ2) is 4.56. The molecule has 0 atom stereocenters. The molecule has 0 bridgehead atoms. The molecule has 26 heavy (non-hydrogen) atoms. The molecule has 1 heteroatoms. The van der Waals surface area contributed by atoms with Gasteiger partial charge in [0.15, 0.2) is 0 Å². The average Bonchev–Trinajstić information content (AvgIpc) is 3.15. The molecule has 1 aromatic heterocycles. The first-order valence-corrected chi connectivity index (χ1v) is 9.13. The van der Waals surface area contributed by atoms with Gasteiger partial charge in [0.05, 0.1) is 0 Å². The van der Waals surface area contributed by atoms with E-state index in [1.807, 2.05) is 6.07 Å². The number of hydrogen-bond donors (Lipinski definition) is 0. The van der Waals surface area contributed by atoms with Crippen molar-refractivity contribution in [3.63, 3.8) is 0 Å². The van der Waals surface area contributed by atoms with Gasteiger partial charge in [0.2, 0.25) is 0 Å². The molecule has 0 N–H and O–H groups in total. The van der Waals surface area contributed by atoms with E-state index in [4.69, 9.17) is 4.42 Å². The van der Waals surface area contributed by atoms with Crippen LogP contribution in [0.4, 0.5) is 0 Å². The summed E-state index contributed by atoms with van der Waals surface area (Å²) < 4.78 is 6.17. The van der Waals surface area contributed by atoms with E-state index in [0.717, 1.165) is 11.2 Å². The molecule has 1 nitrogen and oxygen atoms in total. The maximum atomic E-state index is 6.17. The summed E-state index contributed by atoms with van der Waals surface area (Å²) in [6, 6.07) is 26.1. The molecule has 6 rings (SSSR count). The lowest BCUT2D eigenvalue weighted by atomic mass is 9.82. The lowest BCUT2D eigenvalue weighted by Gasteiger charge is -2.21. The summed E-state index contributed by atoms with van der Waals surface area (Å²) >= 11 is 0. The molecule has 1 heterocycles. The van der Waals surface area contributed by atoms with Crippen LogP contribution in [0.2, 0.25) is 0 Å². The van der Waals surface area contributed by atoms with Crippen molar-refractivity contribution in [3.8, 4) is 11.1 Å². The zero-order chi connectivity index (χ0) is 17.5. The Morgan fingerprint density at radius 1 is 0.615 bits per heavy atom. The maximum Gasteiger partial charge on any atom is 0.136 e. The smallest absolute Gasteiger partial charge is 0.136 e. The first kappa shape index (κ1) is 14.1. The van der Waals surface area contributed by atoms with Crippen molar-refractivity contribution < 1.29 is 4.42 Å². The van der Waals surface area contributed by atoms with Gasteiger partial charge in [-0.25, -0.2) is 0 Å². The Balaban J connectivity index is 1.91. The average molecular weight is 334 g/mol. The van der Waals surface area contributed by atoms with Gasteiger partial charge in [-0.2, -0.15) is 0 Å².